The summed E-state index contributed by atoms with van der Waals surface area (Å²) in [4.78, 5) is 39.8. The largest absolute Gasteiger partial charge is 0.460 e. The van der Waals surface area contributed by atoms with Crippen LogP contribution in [0.2, 0.25) is 0 Å². The van der Waals surface area contributed by atoms with Gasteiger partial charge in [0.1, 0.15) is 12.1 Å². The second-order valence-electron chi connectivity index (χ2n) is 8.76. The van der Waals surface area contributed by atoms with E-state index in [1.54, 1.807) is 45.0 Å². The van der Waals surface area contributed by atoms with Crippen molar-refractivity contribution in [3.05, 3.63) is 30.3 Å². The van der Waals surface area contributed by atoms with Crippen LogP contribution < -0.4 is 4.90 Å². The summed E-state index contributed by atoms with van der Waals surface area (Å²) in [5.41, 5.74) is -0.130. The second kappa shape index (κ2) is 8.96. The van der Waals surface area contributed by atoms with Crippen molar-refractivity contribution < 1.29 is 27.5 Å². The number of ether oxygens (including phenoxy) is 1. The van der Waals surface area contributed by atoms with Gasteiger partial charge in [0.15, 0.2) is 0 Å². The summed E-state index contributed by atoms with van der Waals surface area (Å²) in [6.07, 6.45) is 0.672. The Balaban J connectivity index is 1.55. The Labute approximate surface area is 183 Å². The number of amides is 3. The number of benzene rings is 1. The van der Waals surface area contributed by atoms with Gasteiger partial charge in [-0.05, 0) is 45.7 Å². The number of carbonyl (C=O) groups is 3. The maximum atomic E-state index is 12.8. The van der Waals surface area contributed by atoms with Crippen LogP contribution in [0.5, 0.6) is 0 Å². The molecule has 2 aliphatic rings. The predicted octanol–water partition coefficient (Wildman–Crippen LogP) is 1.98. The molecule has 0 N–H and O–H groups in total. The molecule has 2 aliphatic heterocycles. The zero-order chi connectivity index (χ0) is 22.8. The van der Waals surface area contributed by atoms with Crippen LogP contribution in [-0.4, -0.2) is 72.6 Å². The van der Waals surface area contributed by atoms with E-state index in [1.165, 1.54) is 14.1 Å². The Bertz CT molecular complexity index is 934. The Kier molecular flexibility index (Phi) is 6.70. The van der Waals surface area contributed by atoms with Gasteiger partial charge in [0.2, 0.25) is 10.0 Å². The van der Waals surface area contributed by atoms with Crippen molar-refractivity contribution in [2.24, 2.45) is 0 Å². The Morgan fingerprint density at radius 3 is 2.29 bits per heavy atom. The van der Waals surface area contributed by atoms with E-state index < -0.39 is 21.6 Å². The molecule has 31 heavy (non-hydrogen) atoms. The highest BCUT2D eigenvalue weighted by Gasteiger charge is 2.42. The van der Waals surface area contributed by atoms with Gasteiger partial charge in [-0.25, -0.2) is 22.4 Å². The van der Waals surface area contributed by atoms with E-state index in [2.05, 4.69) is 0 Å². The molecule has 0 bridgehead atoms. The second-order valence-corrected chi connectivity index (χ2v) is 10.8. The molecule has 2 heterocycles. The first-order valence-electron chi connectivity index (χ1n) is 10.4. The monoisotopic (exact) mass is 451 g/mol. The lowest BCUT2D eigenvalue weighted by atomic mass is 10.1. The highest BCUT2D eigenvalue weighted by molar-refractivity contribution is 7.89. The van der Waals surface area contributed by atoms with Crippen LogP contribution in [0, 0.1) is 0 Å². The van der Waals surface area contributed by atoms with Crippen molar-refractivity contribution in [2.45, 2.75) is 51.7 Å². The SMILES string of the molecule is CC(C)(C)OC(=O)CCS(=O)(=O)N1CCC(N2CC(=O)N(c3ccccc3)C2=O)CC1. The van der Waals surface area contributed by atoms with Crippen LogP contribution in [-0.2, 0) is 24.3 Å². The van der Waals surface area contributed by atoms with Gasteiger partial charge in [-0.15, -0.1) is 0 Å². The Morgan fingerprint density at radius 2 is 1.71 bits per heavy atom. The molecule has 1 aromatic rings. The number of para-hydroxylation sites is 1. The van der Waals surface area contributed by atoms with E-state index in [0.29, 0.717) is 18.5 Å². The summed E-state index contributed by atoms with van der Waals surface area (Å²) in [7, 11) is -3.61. The number of hydrogen-bond donors (Lipinski definition) is 0. The molecule has 3 rings (SSSR count). The Morgan fingerprint density at radius 1 is 1.10 bits per heavy atom. The topological polar surface area (TPSA) is 104 Å². The van der Waals surface area contributed by atoms with E-state index in [9.17, 15) is 22.8 Å². The van der Waals surface area contributed by atoms with Gasteiger partial charge in [-0.3, -0.25) is 9.59 Å². The molecule has 0 radical (unpaired) electrons. The lowest BCUT2D eigenvalue weighted by Gasteiger charge is -2.35. The molecule has 3 amide bonds. The van der Waals surface area contributed by atoms with Gasteiger partial charge in [-0.1, -0.05) is 18.2 Å². The number of imide groups is 1. The third-order valence-corrected chi connectivity index (χ3v) is 7.12. The minimum absolute atomic E-state index is 0.0101. The lowest BCUT2D eigenvalue weighted by molar-refractivity contribution is -0.154. The van der Waals surface area contributed by atoms with E-state index in [4.69, 9.17) is 4.74 Å². The maximum Gasteiger partial charge on any atom is 0.332 e. The van der Waals surface area contributed by atoms with Crippen LogP contribution in [0.3, 0.4) is 0 Å². The lowest BCUT2D eigenvalue weighted by Crippen LogP contribution is -2.48. The third kappa shape index (κ3) is 5.62. The first-order valence-corrected chi connectivity index (χ1v) is 12.0. The molecule has 0 saturated carbocycles. The number of carbonyl (C=O) groups excluding carboxylic acids is 3. The predicted molar refractivity (Wildman–Crippen MR) is 115 cm³/mol. The van der Waals surface area contributed by atoms with Crippen LogP contribution in [0.15, 0.2) is 30.3 Å². The van der Waals surface area contributed by atoms with Crippen molar-refractivity contribution in [1.82, 2.24) is 9.21 Å². The zero-order valence-corrected chi connectivity index (χ0v) is 18.9. The average molecular weight is 452 g/mol. The molecule has 0 atom stereocenters. The Hall–Kier alpha value is -2.46. The first kappa shape index (κ1) is 23.2. The number of anilines is 1. The average Bonchev–Trinajstić information content (AvgIpc) is 3.00. The summed E-state index contributed by atoms with van der Waals surface area (Å²) in [6, 6.07) is 8.17. The molecule has 0 spiro atoms. The number of urea groups is 1. The molecule has 170 valence electrons. The summed E-state index contributed by atoms with van der Waals surface area (Å²) < 4.78 is 31.7. The van der Waals surface area contributed by atoms with Crippen LogP contribution in [0.4, 0.5) is 10.5 Å². The molecule has 0 unspecified atom stereocenters. The quantitative estimate of drug-likeness (QED) is 0.484. The minimum Gasteiger partial charge on any atom is -0.460 e. The normalized spacial score (nSPS) is 19.2. The van der Waals surface area contributed by atoms with Gasteiger partial charge >= 0.3 is 12.0 Å². The van der Waals surface area contributed by atoms with Gasteiger partial charge in [0.25, 0.3) is 5.91 Å². The molecule has 0 aliphatic carbocycles. The van der Waals surface area contributed by atoms with E-state index >= 15 is 0 Å². The molecular formula is C21H29N3O6S. The summed E-state index contributed by atoms with van der Waals surface area (Å²) >= 11 is 0. The number of hydrogen-bond acceptors (Lipinski definition) is 6. The van der Waals surface area contributed by atoms with Crippen molar-refractivity contribution in [3.63, 3.8) is 0 Å². The summed E-state index contributed by atoms with van der Waals surface area (Å²) in [5.74, 6) is -1.15. The zero-order valence-electron chi connectivity index (χ0n) is 18.1. The maximum absolute atomic E-state index is 12.8. The van der Waals surface area contributed by atoms with Crippen molar-refractivity contribution >= 4 is 33.6 Å². The van der Waals surface area contributed by atoms with Crippen molar-refractivity contribution in [2.75, 3.05) is 30.3 Å². The van der Waals surface area contributed by atoms with Crippen LogP contribution in [0.25, 0.3) is 0 Å². The van der Waals surface area contributed by atoms with Gasteiger partial charge in [-0.2, -0.15) is 0 Å². The molecular weight excluding hydrogens is 422 g/mol. The fourth-order valence-electron chi connectivity index (χ4n) is 3.80. The van der Waals surface area contributed by atoms with Gasteiger partial charge in [0, 0.05) is 19.1 Å². The molecule has 0 aromatic heterocycles. The molecule has 9 nitrogen and oxygen atoms in total. The fraction of sp³-hybridized carbons (Fsp3) is 0.571. The first-order chi connectivity index (χ1) is 14.5. The molecule has 2 fully saturated rings. The number of sulfonamides is 1. The van der Waals surface area contributed by atoms with Crippen LogP contribution in [0.1, 0.15) is 40.0 Å². The number of piperidine rings is 1. The molecule has 2 saturated heterocycles. The smallest absolute Gasteiger partial charge is 0.332 e. The van der Waals surface area contributed by atoms with Gasteiger partial charge in [0.05, 0.1) is 17.9 Å². The fourth-order valence-corrected chi connectivity index (χ4v) is 5.25. The number of rotatable bonds is 6. The van der Waals surface area contributed by atoms with E-state index in [-0.39, 0.29) is 49.8 Å². The standard InChI is InChI=1S/C21H29N3O6S/c1-21(2,3)30-19(26)11-14-31(28,29)22-12-9-16(10-13-22)23-15-18(25)24(20(23)27)17-7-5-4-6-8-17/h4-8,16H,9-15H2,1-3H3. The van der Waals surface area contributed by atoms with Gasteiger partial charge < -0.3 is 9.64 Å². The summed E-state index contributed by atoms with van der Waals surface area (Å²) in [6.45, 7) is 5.66. The van der Waals surface area contributed by atoms with E-state index in [1.807, 2.05) is 6.07 Å². The number of nitrogens with zero attached hydrogens (tertiary/aromatic N) is 3. The third-order valence-electron chi connectivity index (χ3n) is 5.25. The summed E-state index contributed by atoms with van der Waals surface area (Å²) in [5, 5.41) is 0. The molecule has 10 heteroatoms. The minimum atomic E-state index is -3.61. The van der Waals surface area contributed by atoms with Crippen molar-refractivity contribution in [1.29, 1.82) is 0 Å². The highest BCUT2D eigenvalue weighted by Crippen LogP contribution is 2.27. The van der Waals surface area contributed by atoms with Crippen LogP contribution >= 0.6 is 0 Å². The molecule has 1 aromatic carbocycles. The van der Waals surface area contributed by atoms with Crippen molar-refractivity contribution in [3.8, 4) is 0 Å². The highest BCUT2D eigenvalue weighted by atomic mass is 32.2. The van der Waals surface area contributed by atoms with E-state index in [0.717, 1.165) is 0 Å². The number of esters is 1.